The number of hydrogen-bond acceptors (Lipinski definition) is 3. The van der Waals surface area contributed by atoms with E-state index >= 15 is 0 Å². The van der Waals surface area contributed by atoms with E-state index in [1.54, 1.807) is 12.1 Å². The van der Waals surface area contributed by atoms with Gasteiger partial charge in [0, 0.05) is 19.5 Å². The summed E-state index contributed by atoms with van der Waals surface area (Å²) >= 11 is 0. The average molecular weight is 475 g/mol. The molecule has 6 heteroatoms. The maximum absolute atomic E-state index is 13.1. The molecule has 1 N–H and O–H groups in total. The number of nitrogens with zero attached hydrogens (tertiary/aromatic N) is 1. The maximum atomic E-state index is 13.1. The van der Waals surface area contributed by atoms with Crippen molar-refractivity contribution in [3.05, 3.63) is 101 Å². The van der Waals surface area contributed by atoms with Gasteiger partial charge in [0.1, 0.15) is 11.6 Å². The highest BCUT2D eigenvalue weighted by atomic mass is 19.1. The summed E-state index contributed by atoms with van der Waals surface area (Å²) in [7, 11) is 0. The van der Waals surface area contributed by atoms with Crippen LogP contribution < -0.4 is 10.1 Å². The van der Waals surface area contributed by atoms with E-state index in [2.05, 4.69) is 5.32 Å². The highest BCUT2D eigenvalue weighted by Crippen LogP contribution is 2.37. The Morgan fingerprint density at radius 1 is 1.06 bits per heavy atom. The summed E-state index contributed by atoms with van der Waals surface area (Å²) in [4.78, 5) is 27.5. The van der Waals surface area contributed by atoms with Crippen LogP contribution in [0.1, 0.15) is 55.0 Å². The minimum absolute atomic E-state index is 0.113. The molecular weight excluding hydrogens is 443 g/mol. The molecule has 0 unspecified atom stereocenters. The van der Waals surface area contributed by atoms with Gasteiger partial charge < -0.3 is 15.0 Å². The van der Waals surface area contributed by atoms with Gasteiger partial charge in [-0.05, 0) is 59.4 Å². The zero-order chi connectivity index (χ0) is 24.8. The molecule has 3 aromatic rings. The third kappa shape index (κ3) is 5.70. The fourth-order valence-corrected chi connectivity index (χ4v) is 4.52. The number of nitrogens with one attached hydrogen (secondary N) is 1. The molecule has 0 aliphatic carbocycles. The second-order valence-corrected chi connectivity index (χ2v) is 8.72. The molecule has 5 nitrogen and oxygen atoms in total. The van der Waals surface area contributed by atoms with Crippen LogP contribution in [-0.4, -0.2) is 29.4 Å². The van der Waals surface area contributed by atoms with Crippen LogP contribution in [0.25, 0.3) is 0 Å². The van der Waals surface area contributed by atoms with Crippen LogP contribution in [0.15, 0.2) is 72.8 Å². The molecule has 0 radical (unpaired) electrons. The smallest absolute Gasteiger partial charge is 0.261 e. The predicted octanol–water partition coefficient (Wildman–Crippen LogP) is 5.18. The van der Waals surface area contributed by atoms with E-state index < -0.39 is 6.10 Å². The first-order chi connectivity index (χ1) is 17.0. The first-order valence-electron chi connectivity index (χ1n) is 12.2. The molecule has 2 atom stereocenters. The van der Waals surface area contributed by atoms with Crippen molar-refractivity contribution in [3.63, 3.8) is 0 Å². The largest absolute Gasteiger partial charge is 0.481 e. The number of fused-ring (bicyclic) bond motifs is 1. The number of carbonyl (C=O) groups is 2. The topological polar surface area (TPSA) is 58.6 Å². The van der Waals surface area contributed by atoms with Gasteiger partial charge in [-0.15, -0.1) is 0 Å². The predicted molar refractivity (Wildman–Crippen MR) is 133 cm³/mol. The van der Waals surface area contributed by atoms with E-state index in [1.165, 1.54) is 17.7 Å². The molecule has 0 spiro atoms. The Balaban J connectivity index is 1.54. The van der Waals surface area contributed by atoms with Crippen molar-refractivity contribution in [3.8, 4) is 5.75 Å². The van der Waals surface area contributed by atoms with Crippen LogP contribution in [-0.2, 0) is 22.6 Å². The van der Waals surface area contributed by atoms with Gasteiger partial charge in [-0.1, -0.05) is 62.4 Å². The Kier molecular flexibility index (Phi) is 7.80. The quantitative estimate of drug-likeness (QED) is 0.489. The van der Waals surface area contributed by atoms with Crippen molar-refractivity contribution in [1.82, 2.24) is 10.2 Å². The van der Waals surface area contributed by atoms with Crippen LogP contribution >= 0.6 is 0 Å². The first-order valence-corrected chi connectivity index (χ1v) is 12.2. The van der Waals surface area contributed by atoms with E-state index in [0.29, 0.717) is 31.7 Å². The molecule has 2 amide bonds. The Hall–Kier alpha value is -3.67. The van der Waals surface area contributed by atoms with Crippen LogP contribution in [0.2, 0.25) is 0 Å². The van der Waals surface area contributed by atoms with E-state index in [9.17, 15) is 14.0 Å². The lowest BCUT2D eigenvalue weighted by Gasteiger charge is -2.38. The number of hydrogen-bond donors (Lipinski definition) is 1. The minimum atomic E-state index is -0.666. The molecule has 182 valence electrons. The van der Waals surface area contributed by atoms with Gasteiger partial charge in [0.25, 0.3) is 5.91 Å². The molecule has 1 aliphatic rings. The number of amides is 2. The summed E-state index contributed by atoms with van der Waals surface area (Å²) in [6.07, 6.45) is 1.05. The summed E-state index contributed by atoms with van der Waals surface area (Å²) < 4.78 is 19.3. The highest BCUT2D eigenvalue weighted by Gasteiger charge is 2.32. The standard InChI is InChI=1S/C29H31FN2O3/c1-3-26(29(34)31-19-20-10-13-23(30)14-11-20)35-24-15-12-21-16-17-32(27(33)4-2)28(25(21)18-24)22-8-6-5-7-9-22/h5-15,18,26,28H,3-4,16-17,19H2,1-2H3,(H,31,34)/t26-,28-/m1/s1. The average Bonchev–Trinajstić information content (AvgIpc) is 2.90. The Morgan fingerprint density at radius 2 is 1.80 bits per heavy atom. The number of ether oxygens (including phenoxy) is 1. The van der Waals surface area contributed by atoms with Crippen molar-refractivity contribution in [2.45, 2.75) is 51.8 Å². The molecule has 0 saturated heterocycles. The van der Waals surface area contributed by atoms with E-state index in [-0.39, 0.29) is 23.7 Å². The minimum Gasteiger partial charge on any atom is -0.481 e. The summed E-state index contributed by atoms with van der Waals surface area (Å²) in [6, 6.07) is 21.8. The molecule has 35 heavy (non-hydrogen) atoms. The molecule has 1 heterocycles. The van der Waals surface area contributed by atoms with Crippen LogP contribution in [0, 0.1) is 5.82 Å². The van der Waals surface area contributed by atoms with Crippen LogP contribution in [0.5, 0.6) is 5.75 Å². The van der Waals surface area contributed by atoms with Gasteiger partial charge in [-0.2, -0.15) is 0 Å². The second-order valence-electron chi connectivity index (χ2n) is 8.72. The molecule has 0 bridgehead atoms. The number of benzene rings is 3. The van der Waals surface area contributed by atoms with Gasteiger partial charge in [0.2, 0.25) is 5.91 Å². The first kappa shape index (κ1) is 24.5. The summed E-state index contributed by atoms with van der Waals surface area (Å²) in [5.74, 6) is 0.175. The monoisotopic (exact) mass is 474 g/mol. The maximum Gasteiger partial charge on any atom is 0.261 e. The number of carbonyl (C=O) groups excluding carboxylic acids is 2. The third-order valence-electron chi connectivity index (χ3n) is 6.41. The Labute approximate surface area is 205 Å². The molecule has 0 saturated carbocycles. The zero-order valence-corrected chi connectivity index (χ0v) is 20.2. The third-order valence-corrected chi connectivity index (χ3v) is 6.41. The lowest BCUT2D eigenvalue weighted by molar-refractivity contribution is -0.133. The summed E-state index contributed by atoms with van der Waals surface area (Å²) in [5.41, 5.74) is 4.08. The van der Waals surface area contributed by atoms with E-state index in [4.69, 9.17) is 4.74 Å². The Bertz CT molecular complexity index is 1160. The SMILES string of the molecule is CCC(=O)N1CCc2ccc(O[C@H](CC)C(=O)NCc3ccc(F)cc3)cc2[C@H]1c1ccccc1. The van der Waals surface area contributed by atoms with Crippen molar-refractivity contribution in [1.29, 1.82) is 0 Å². The summed E-state index contributed by atoms with van der Waals surface area (Å²) in [5, 5.41) is 2.88. The molecule has 0 aromatic heterocycles. The van der Waals surface area contributed by atoms with Crippen LogP contribution in [0.3, 0.4) is 0 Å². The highest BCUT2D eigenvalue weighted by molar-refractivity contribution is 5.81. The lowest BCUT2D eigenvalue weighted by atomic mass is 9.87. The molecule has 0 fully saturated rings. The van der Waals surface area contributed by atoms with Gasteiger partial charge in [0.05, 0.1) is 6.04 Å². The summed E-state index contributed by atoms with van der Waals surface area (Å²) in [6.45, 7) is 4.75. The zero-order valence-electron chi connectivity index (χ0n) is 20.2. The molecule has 1 aliphatic heterocycles. The lowest BCUT2D eigenvalue weighted by Crippen LogP contribution is -2.40. The number of rotatable bonds is 8. The van der Waals surface area contributed by atoms with Gasteiger partial charge in [0.15, 0.2) is 6.10 Å². The fourth-order valence-electron chi connectivity index (χ4n) is 4.52. The van der Waals surface area contributed by atoms with Crippen molar-refractivity contribution < 1.29 is 18.7 Å². The van der Waals surface area contributed by atoms with Crippen LogP contribution in [0.4, 0.5) is 4.39 Å². The molecule has 4 rings (SSSR count). The molecule has 3 aromatic carbocycles. The van der Waals surface area contributed by atoms with Crippen molar-refractivity contribution >= 4 is 11.8 Å². The van der Waals surface area contributed by atoms with Gasteiger partial charge in [-0.25, -0.2) is 4.39 Å². The number of halogens is 1. The van der Waals surface area contributed by atoms with E-state index in [1.807, 2.05) is 67.3 Å². The molecular formula is C29H31FN2O3. The second kappa shape index (κ2) is 11.2. The fraction of sp³-hybridized carbons (Fsp3) is 0.310. The van der Waals surface area contributed by atoms with Gasteiger partial charge in [-0.3, -0.25) is 9.59 Å². The Morgan fingerprint density at radius 3 is 2.49 bits per heavy atom. The normalized spacial score (nSPS) is 15.7. The van der Waals surface area contributed by atoms with Crippen molar-refractivity contribution in [2.75, 3.05) is 6.54 Å². The van der Waals surface area contributed by atoms with Crippen molar-refractivity contribution in [2.24, 2.45) is 0 Å². The van der Waals surface area contributed by atoms with Gasteiger partial charge >= 0.3 is 0 Å². The van der Waals surface area contributed by atoms with E-state index in [0.717, 1.165) is 23.1 Å².